The number of carbonyl (C=O) groups is 2. The van der Waals surface area contributed by atoms with Crippen LogP contribution in [0.25, 0.3) is 0 Å². The Hall–Kier alpha value is -2.56. The van der Waals surface area contributed by atoms with E-state index in [0.717, 1.165) is 0 Å². The molecule has 22 heavy (non-hydrogen) atoms. The van der Waals surface area contributed by atoms with E-state index < -0.39 is 11.8 Å². The van der Waals surface area contributed by atoms with Gasteiger partial charge in [0, 0.05) is 12.0 Å². The van der Waals surface area contributed by atoms with Crippen LogP contribution in [0.1, 0.15) is 28.8 Å². The van der Waals surface area contributed by atoms with Crippen molar-refractivity contribution < 1.29 is 23.1 Å². The molecule has 114 valence electrons. The van der Waals surface area contributed by atoms with Gasteiger partial charge in [-0.25, -0.2) is 8.78 Å². The van der Waals surface area contributed by atoms with Crippen LogP contribution >= 0.6 is 0 Å². The number of rotatable bonds is 6. The summed E-state index contributed by atoms with van der Waals surface area (Å²) in [7, 11) is 0. The summed E-state index contributed by atoms with van der Waals surface area (Å²) >= 11 is 0. The maximum Gasteiger partial charge on any atom is 0.306 e. The molecule has 0 fully saturated rings. The van der Waals surface area contributed by atoms with Crippen molar-refractivity contribution >= 4 is 11.8 Å². The van der Waals surface area contributed by atoms with Crippen LogP contribution < -0.4 is 0 Å². The molecule has 2 aromatic carbocycles. The van der Waals surface area contributed by atoms with Crippen LogP contribution in [-0.2, 0) is 16.1 Å². The first-order chi connectivity index (χ1) is 10.5. The average molecular weight is 304 g/mol. The second-order valence-corrected chi connectivity index (χ2v) is 4.72. The molecule has 0 unspecified atom stereocenters. The number of ketones is 1. The molecule has 0 saturated heterocycles. The van der Waals surface area contributed by atoms with Gasteiger partial charge in [-0.15, -0.1) is 0 Å². The minimum Gasteiger partial charge on any atom is -0.461 e. The number of halogens is 2. The summed E-state index contributed by atoms with van der Waals surface area (Å²) in [5.74, 6) is -1.55. The molecular formula is C17H14F2O3. The fourth-order valence-electron chi connectivity index (χ4n) is 1.81. The molecule has 0 atom stereocenters. The van der Waals surface area contributed by atoms with Crippen molar-refractivity contribution in [1.29, 1.82) is 0 Å². The molecule has 0 spiro atoms. The first kappa shape index (κ1) is 15.8. The molecule has 5 heteroatoms. The second kappa shape index (κ2) is 7.45. The number of hydrogen-bond acceptors (Lipinski definition) is 3. The van der Waals surface area contributed by atoms with Gasteiger partial charge in [0.05, 0.1) is 6.42 Å². The molecule has 0 aliphatic rings. The van der Waals surface area contributed by atoms with Gasteiger partial charge in [0.1, 0.15) is 18.2 Å². The van der Waals surface area contributed by atoms with Crippen molar-refractivity contribution in [3.8, 4) is 0 Å². The molecule has 3 nitrogen and oxygen atoms in total. The zero-order valence-corrected chi connectivity index (χ0v) is 11.7. The van der Waals surface area contributed by atoms with Crippen molar-refractivity contribution in [2.45, 2.75) is 19.4 Å². The number of ether oxygens (including phenoxy) is 1. The highest BCUT2D eigenvalue weighted by Gasteiger charge is 2.10. The Balaban J connectivity index is 1.76. The fourth-order valence-corrected chi connectivity index (χ4v) is 1.81. The summed E-state index contributed by atoms with van der Waals surface area (Å²) in [5, 5.41) is 0. The quantitative estimate of drug-likeness (QED) is 0.604. The first-order valence-corrected chi connectivity index (χ1v) is 6.73. The van der Waals surface area contributed by atoms with E-state index in [-0.39, 0.29) is 31.0 Å². The van der Waals surface area contributed by atoms with Gasteiger partial charge in [-0.2, -0.15) is 0 Å². The molecule has 0 aliphatic heterocycles. The van der Waals surface area contributed by atoms with Crippen LogP contribution in [0, 0.1) is 11.6 Å². The van der Waals surface area contributed by atoms with Crippen LogP contribution in [0.3, 0.4) is 0 Å². The van der Waals surface area contributed by atoms with Gasteiger partial charge in [0.25, 0.3) is 0 Å². The van der Waals surface area contributed by atoms with E-state index in [1.165, 1.54) is 48.5 Å². The van der Waals surface area contributed by atoms with E-state index in [4.69, 9.17) is 4.74 Å². The summed E-state index contributed by atoms with van der Waals surface area (Å²) < 4.78 is 30.5. The average Bonchev–Trinajstić information content (AvgIpc) is 2.52. The van der Waals surface area contributed by atoms with Crippen molar-refractivity contribution in [2.24, 2.45) is 0 Å². The summed E-state index contributed by atoms with van der Waals surface area (Å²) in [4.78, 5) is 23.4. The number of hydrogen-bond donors (Lipinski definition) is 0. The zero-order valence-electron chi connectivity index (χ0n) is 11.7. The third-order valence-electron chi connectivity index (χ3n) is 3.04. The van der Waals surface area contributed by atoms with Gasteiger partial charge in [-0.3, -0.25) is 9.59 Å². The van der Waals surface area contributed by atoms with Crippen molar-refractivity contribution in [1.82, 2.24) is 0 Å². The Kier molecular flexibility index (Phi) is 5.36. The van der Waals surface area contributed by atoms with Crippen LogP contribution in [-0.4, -0.2) is 11.8 Å². The maximum absolute atomic E-state index is 12.7. The van der Waals surface area contributed by atoms with Crippen molar-refractivity contribution in [2.75, 3.05) is 0 Å². The molecular weight excluding hydrogens is 290 g/mol. The van der Waals surface area contributed by atoms with E-state index >= 15 is 0 Å². The van der Waals surface area contributed by atoms with Crippen LogP contribution in [0.4, 0.5) is 8.78 Å². The molecule has 0 radical (unpaired) electrons. The Morgan fingerprint density at radius 2 is 1.36 bits per heavy atom. The van der Waals surface area contributed by atoms with Crippen LogP contribution in [0.2, 0.25) is 0 Å². The molecule has 0 heterocycles. The fraction of sp³-hybridized carbons (Fsp3) is 0.176. The van der Waals surface area contributed by atoms with E-state index in [0.29, 0.717) is 11.1 Å². The lowest BCUT2D eigenvalue weighted by molar-refractivity contribution is -0.144. The summed E-state index contributed by atoms with van der Waals surface area (Å²) in [5.41, 5.74) is 1.02. The van der Waals surface area contributed by atoms with E-state index in [2.05, 4.69) is 0 Å². The third kappa shape index (κ3) is 4.77. The highest BCUT2D eigenvalue weighted by molar-refractivity contribution is 5.97. The van der Waals surface area contributed by atoms with Gasteiger partial charge in [-0.05, 0) is 42.0 Å². The van der Waals surface area contributed by atoms with E-state index in [1.807, 2.05) is 0 Å². The van der Waals surface area contributed by atoms with Crippen molar-refractivity contribution in [3.63, 3.8) is 0 Å². The Bertz CT molecular complexity index is 649. The molecule has 2 rings (SSSR count). The number of benzene rings is 2. The number of carbonyl (C=O) groups excluding carboxylic acids is 2. The third-order valence-corrected chi connectivity index (χ3v) is 3.04. The predicted molar refractivity (Wildman–Crippen MR) is 76.2 cm³/mol. The van der Waals surface area contributed by atoms with Gasteiger partial charge in [-0.1, -0.05) is 12.1 Å². The monoisotopic (exact) mass is 304 g/mol. The van der Waals surface area contributed by atoms with E-state index in [1.54, 1.807) is 0 Å². The summed E-state index contributed by atoms with van der Waals surface area (Å²) in [6.45, 7) is 0.0316. The molecule has 0 saturated carbocycles. The Labute approximate surface area is 126 Å². The topological polar surface area (TPSA) is 43.4 Å². The predicted octanol–water partition coefficient (Wildman–Crippen LogP) is 3.67. The second-order valence-electron chi connectivity index (χ2n) is 4.72. The zero-order chi connectivity index (χ0) is 15.9. The lowest BCUT2D eigenvalue weighted by atomic mass is 10.1. The Morgan fingerprint density at radius 1 is 0.818 bits per heavy atom. The van der Waals surface area contributed by atoms with Gasteiger partial charge < -0.3 is 4.74 Å². The normalized spacial score (nSPS) is 10.3. The van der Waals surface area contributed by atoms with Crippen LogP contribution in [0.15, 0.2) is 48.5 Å². The smallest absolute Gasteiger partial charge is 0.306 e. The highest BCUT2D eigenvalue weighted by atomic mass is 19.1. The lowest BCUT2D eigenvalue weighted by Gasteiger charge is -2.05. The standard InChI is InChI=1S/C17H14F2O3/c18-14-5-1-12(2-6-14)11-22-17(21)10-9-16(20)13-3-7-15(19)8-4-13/h1-8H,9-11H2. The Morgan fingerprint density at radius 3 is 1.95 bits per heavy atom. The minimum absolute atomic E-state index is 0.00607. The SMILES string of the molecule is O=C(CCC(=O)c1ccc(F)cc1)OCc1ccc(F)cc1. The van der Waals surface area contributed by atoms with Gasteiger partial charge in [0.15, 0.2) is 5.78 Å². The molecule has 2 aromatic rings. The van der Waals surface area contributed by atoms with Crippen molar-refractivity contribution in [3.05, 3.63) is 71.3 Å². The molecule has 0 aliphatic carbocycles. The maximum atomic E-state index is 12.7. The summed E-state index contributed by atoms with van der Waals surface area (Å²) in [6, 6.07) is 10.7. The largest absolute Gasteiger partial charge is 0.461 e. The van der Waals surface area contributed by atoms with E-state index in [9.17, 15) is 18.4 Å². The number of esters is 1. The molecule has 0 N–H and O–H groups in total. The molecule has 0 bridgehead atoms. The molecule has 0 amide bonds. The van der Waals surface area contributed by atoms with Gasteiger partial charge >= 0.3 is 5.97 Å². The first-order valence-electron chi connectivity index (χ1n) is 6.73. The summed E-state index contributed by atoms with van der Waals surface area (Å²) in [6.07, 6.45) is -0.0642. The lowest BCUT2D eigenvalue weighted by Crippen LogP contribution is -2.08. The minimum atomic E-state index is -0.514. The van der Waals surface area contributed by atoms with Gasteiger partial charge in [0.2, 0.25) is 0 Å². The number of Topliss-reactive ketones (excluding diaryl/α,β-unsaturated/α-hetero) is 1. The molecule has 0 aromatic heterocycles. The highest BCUT2D eigenvalue weighted by Crippen LogP contribution is 2.09. The van der Waals surface area contributed by atoms with Crippen LogP contribution in [0.5, 0.6) is 0 Å².